The lowest BCUT2D eigenvalue weighted by molar-refractivity contribution is -0.139. The van der Waals surface area contributed by atoms with Crippen molar-refractivity contribution in [2.24, 2.45) is 0 Å². The summed E-state index contributed by atoms with van der Waals surface area (Å²) in [4.78, 5) is 28.0. The van der Waals surface area contributed by atoms with Crippen molar-refractivity contribution in [1.82, 2.24) is 19.9 Å². The maximum absolute atomic E-state index is 12.8. The van der Waals surface area contributed by atoms with Gasteiger partial charge in [-0.2, -0.15) is 0 Å². The van der Waals surface area contributed by atoms with Crippen LogP contribution < -0.4 is 5.32 Å². The van der Waals surface area contributed by atoms with Gasteiger partial charge in [0.25, 0.3) is 0 Å². The van der Waals surface area contributed by atoms with Crippen molar-refractivity contribution in [2.75, 3.05) is 25.1 Å². The van der Waals surface area contributed by atoms with E-state index in [9.17, 15) is 4.79 Å². The van der Waals surface area contributed by atoms with Crippen molar-refractivity contribution in [2.45, 2.75) is 37.8 Å². The minimum atomic E-state index is -0.261. The van der Waals surface area contributed by atoms with Crippen LogP contribution in [0.5, 0.6) is 0 Å². The lowest BCUT2D eigenvalue weighted by Gasteiger charge is -2.35. The second-order valence-electron chi connectivity index (χ2n) is 6.75. The molecule has 7 nitrogen and oxygen atoms in total. The van der Waals surface area contributed by atoms with Crippen molar-refractivity contribution >= 4 is 11.7 Å². The largest absolute Gasteiger partial charge is 0.377 e. The normalized spacial score (nSPS) is 20.5. The van der Waals surface area contributed by atoms with E-state index in [1.807, 2.05) is 29.2 Å². The van der Waals surface area contributed by atoms with Gasteiger partial charge in [0.1, 0.15) is 11.9 Å². The quantitative estimate of drug-likeness (QED) is 0.885. The van der Waals surface area contributed by atoms with Gasteiger partial charge < -0.3 is 15.0 Å². The van der Waals surface area contributed by atoms with E-state index in [1.165, 1.54) is 19.3 Å². The molecule has 1 saturated carbocycles. The third kappa shape index (κ3) is 3.83. The number of carbonyl (C=O) groups excluding carboxylic acids is 1. The number of nitrogens with one attached hydrogen (secondary N) is 1. The molecule has 1 amide bonds. The van der Waals surface area contributed by atoms with Gasteiger partial charge in [-0.05, 0) is 37.5 Å². The molecule has 1 N–H and O–H groups in total. The van der Waals surface area contributed by atoms with Crippen molar-refractivity contribution in [1.29, 1.82) is 0 Å². The first-order valence-corrected chi connectivity index (χ1v) is 9.16. The Kier molecular flexibility index (Phi) is 5.06. The number of carbonyl (C=O) groups is 1. The zero-order chi connectivity index (χ0) is 17.8. The number of anilines is 1. The molecule has 2 fully saturated rings. The summed E-state index contributed by atoms with van der Waals surface area (Å²) in [6.45, 7) is 1.49. The van der Waals surface area contributed by atoms with Gasteiger partial charge in [0, 0.05) is 30.7 Å². The zero-order valence-electron chi connectivity index (χ0n) is 14.7. The van der Waals surface area contributed by atoms with E-state index in [2.05, 4.69) is 20.3 Å². The molecule has 1 atom stereocenters. The Bertz CT molecular complexity index is 751. The smallest absolute Gasteiger partial charge is 0.229 e. The van der Waals surface area contributed by atoms with Gasteiger partial charge in [-0.15, -0.1) is 0 Å². The molecule has 2 aliphatic rings. The van der Waals surface area contributed by atoms with E-state index < -0.39 is 0 Å². The van der Waals surface area contributed by atoms with E-state index in [4.69, 9.17) is 4.74 Å². The fourth-order valence-corrected chi connectivity index (χ4v) is 3.25. The van der Waals surface area contributed by atoms with Gasteiger partial charge in [-0.3, -0.25) is 9.78 Å². The molecule has 0 radical (unpaired) electrons. The van der Waals surface area contributed by atoms with Crippen LogP contribution in [0.1, 0.15) is 36.8 Å². The second-order valence-corrected chi connectivity index (χ2v) is 6.75. The van der Waals surface area contributed by atoms with Crippen molar-refractivity contribution in [3.63, 3.8) is 0 Å². The van der Waals surface area contributed by atoms with Crippen molar-refractivity contribution in [3.8, 4) is 0 Å². The molecule has 0 spiro atoms. The number of aromatic nitrogens is 3. The monoisotopic (exact) mass is 353 g/mol. The molecular formula is C19H23N5O2. The highest BCUT2D eigenvalue weighted by Crippen LogP contribution is 2.25. The Morgan fingerprint density at radius 1 is 1.23 bits per heavy atom. The topological polar surface area (TPSA) is 80.2 Å². The average Bonchev–Trinajstić information content (AvgIpc) is 2.66. The number of pyridine rings is 1. The molecule has 1 aliphatic heterocycles. The summed E-state index contributed by atoms with van der Waals surface area (Å²) in [5.74, 6) is 1.48. The number of nitrogens with zero attached hydrogens (tertiary/aromatic N) is 4. The van der Waals surface area contributed by atoms with Crippen LogP contribution >= 0.6 is 0 Å². The summed E-state index contributed by atoms with van der Waals surface area (Å²) in [7, 11) is 0. The summed E-state index contributed by atoms with van der Waals surface area (Å²) in [6.07, 6.45) is 7.36. The predicted molar refractivity (Wildman–Crippen MR) is 96.5 cm³/mol. The molecule has 7 heteroatoms. The van der Waals surface area contributed by atoms with Crippen LogP contribution in [0.4, 0.5) is 5.82 Å². The molecule has 1 saturated heterocycles. The Labute approximate surface area is 152 Å². The van der Waals surface area contributed by atoms with E-state index in [0.29, 0.717) is 31.6 Å². The number of amides is 1. The summed E-state index contributed by atoms with van der Waals surface area (Å²) in [6, 6.07) is 7.73. The Morgan fingerprint density at radius 2 is 2.15 bits per heavy atom. The van der Waals surface area contributed by atoms with Crippen LogP contribution in [-0.2, 0) is 16.0 Å². The van der Waals surface area contributed by atoms with Gasteiger partial charge in [0.05, 0.1) is 19.6 Å². The first-order chi connectivity index (χ1) is 12.8. The Balaban J connectivity index is 1.49. The number of morpholine rings is 1. The lowest BCUT2D eigenvalue weighted by atomic mass is 9.93. The van der Waals surface area contributed by atoms with E-state index in [1.54, 1.807) is 12.4 Å². The number of hydrogen-bond donors (Lipinski definition) is 1. The average molecular weight is 353 g/mol. The van der Waals surface area contributed by atoms with Gasteiger partial charge in [0.2, 0.25) is 5.91 Å². The summed E-state index contributed by atoms with van der Waals surface area (Å²) >= 11 is 0. The highest BCUT2D eigenvalue weighted by atomic mass is 16.5. The lowest BCUT2D eigenvalue weighted by Crippen LogP contribution is -2.44. The fourth-order valence-electron chi connectivity index (χ4n) is 3.25. The third-order valence-electron chi connectivity index (χ3n) is 4.94. The third-order valence-corrected chi connectivity index (χ3v) is 4.94. The van der Waals surface area contributed by atoms with Crippen molar-refractivity contribution < 1.29 is 9.53 Å². The molecule has 1 aliphatic carbocycles. The molecule has 0 aromatic carbocycles. The minimum absolute atomic E-state index is 0.0259. The van der Waals surface area contributed by atoms with E-state index in [0.717, 1.165) is 11.5 Å². The number of hydrogen-bond acceptors (Lipinski definition) is 6. The van der Waals surface area contributed by atoms with Crippen LogP contribution in [0.2, 0.25) is 0 Å². The SMILES string of the molecule is O=C(Cc1ccccn1)N1CCOC[C@H]1c1nccc(NC2CCC2)n1. The number of rotatable bonds is 5. The molecule has 2 aromatic heterocycles. The van der Waals surface area contributed by atoms with Crippen LogP contribution in [0.15, 0.2) is 36.7 Å². The first kappa shape index (κ1) is 16.9. The van der Waals surface area contributed by atoms with Crippen LogP contribution in [0, 0.1) is 0 Å². The van der Waals surface area contributed by atoms with Gasteiger partial charge in [0.15, 0.2) is 5.82 Å². The van der Waals surface area contributed by atoms with Crippen molar-refractivity contribution in [3.05, 3.63) is 48.2 Å². The van der Waals surface area contributed by atoms with Crippen LogP contribution in [0.25, 0.3) is 0 Å². The molecule has 136 valence electrons. The Morgan fingerprint density at radius 3 is 2.92 bits per heavy atom. The summed E-state index contributed by atoms with van der Waals surface area (Å²) in [5, 5.41) is 3.44. The maximum atomic E-state index is 12.8. The molecular weight excluding hydrogens is 330 g/mol. The summed E-state index contributed by atoms with van der Waals surface area (Å²) in [5.41, 5.74) is 0.768. The fraction of sp³-hybridized carbons (Fsp3) is 0.474. The molecule has 0 unspecified atom stereocenters. The molecule has 2 aromatic rings. The van der Waals surface area contributed by atoms with Gasteiger partial charge in [-0.25, -0.2) is 9.97 Å². The predicted octanol–water partition coefficient (Wildman–Crippen LogP) is 1.98. The minimum Gasteiger partial charge on any atom is -0.377 e. The van der Waals surface area contributed by atoms with E-state index in [-0.39, 0.29) is 18.4 Å². The van der Waals surface area contributed by atoms with Gasteiger partial charge >= 0.3 is 0 Å². The summed E-state index contributed by atoms with van der Waals surface area (Å²) < 4.78 is 5.61. The molecule has 26 heavy (non-hydrogen) atoms. The zero-order valence-corrected chi connectivity index (χ0v) is 14.7. The van der Waals surface area contributed by atoms with Crippen LogP contribution in [0.3, 0.4) is 0 Å². The number of ether oxygens (including phenoxy) is 1. The van der Waals surface area contributed by atoms with Crippen LogP contribution in [-0.4, -0.2) is 51.6 Å². The standard InChI is InChI=1S/C19H23N5O2/c25-18(12-15-4-1-2-8-20-15)24-10-11-26-13-16(24)19-21-9-7-17(23-19)22-14-5-3-6-14/h1-2,4,7-9,14,16H,3,5-6,10-13H2,(H,21,22,23)/t16-/m0/s1. The maximum Gasteiger partial charge on any atom is 0.229 e. The highest BCUT2D eigenvalue weighted by Gasteiger charge is 2.31. The molecule has 3 heterocycles. The second kappa shape index (κ2) is 7.78. The molecule has 4 rings (SSSR count). The van der Waals surface area contributed by atoms with E-state index >= 15 is 0 Å². The highest BCUT2D eigenvalue weighted by molar-refractivity contribution is 5.78. The van der Waals surface area contributed by atoms with Gasteiger partial charge in [-0.1, -0.05) is 6.07 Å². The Hall–Kier alpha value is -2.54. The molecule has 0 bridgehead atoms. The first-order valence-electron chi connectivity index (χ1n) is 9.16.